The van der Waals surface area contributed by atoms with Crippen LogP contribution in [0.4, 0.5) is 0 Å². The third-order valence-electron chi connectivity index (χ3n) is 1.94. The van der Waals surface area contributed by atoms with Gasteiger partial charge < -0.3 is 5.32 Å². The Morgan fingerprint density at radius 2 is 2.07 bits per heavy atom. The van der Waals surface area contributed by atoms with Crippen LogP contribution in [0.1, 0.15) is 30.8 Å². The van der Waals surface area contributed by atoms with E-state index in [2.05, 4.69) is 27.1 Å². The molecule has 0 radical (unpaired) electrons. The molecule has 3 nitrogen and oxygen atoms in total. The molecule has 0 spiro atoms. The first-order valence-corrected chi connectivity index (χ1v) is 4.63. The van der Waals surface area contributed by atoms with Gasteiger partial charge in [0, 0.05) is 18.8 Å². The molecule has 1 aromatic heterocycles. The van der Waals surface area contributed by atoms with E-state index in [1.165, 1.54) is 0 Å². The molecule has 1 atom stereocenters. The van der Waals surface area contributed by atoms with Crippen molar-refractivity contribution in [2.75, 3.05) is 7.05 Å². The molecule has 0 bridgehead atoms. The van der Waals surface area contributed by atoms with Crippen molar-refractivity contribution in [2.45, 2.75) is 26.3 Å². The highest BCUT2D eigenvalue weighted by atomic mass is 15.0. The second-order valence-corrected chi connectivity index (χ2v) is 3.09. The number of nitrogens with one attached hydrogen (secondary N) is 1. The lowest BCUT2D eigenvalue weighted by molar-refractivity contribution is 0.573. The van der Waals surface area contributed by atoms with Gasteiger partial charge in [-0.3, -0.25) is 0 Å². The van der Waals surface area contributed by atoms with E-state index < -0.39 is 0 Å². The zero-order chi connectivity index (χ0) is 10.4. The van der Waals surface area contributed by atoms with Gasteiger partial charge in [0.15, 0.2) is 0 Å². The quantitative estimate of drug-likeness (QED) is 0.731. The Morgan fingerprint density at radius 1 is 1.43 bits per heavy atom. The van der Waals surface area contributed by atoms with Crippen LogP contribution in [0.25, 0.3) is 0 Å². The van der Waals surface area contributed by atoms with Crippen LogP contribution in [-0.4, -0.2) is 17.0 Å². The lowest BCUT2D eigenvalue weighted by Crippen LogP contribution is -2.18. The molecule has 0 aromatic carbocycles. The number of hydrogen-bond acceptors (Lipinski definition) is 3. The summed E-state index contributed by atoms with van der Waals surface area (Å²) in [4.78, 5) is 8.52. The molecule has 74 valence electrons. The van der Waals surface area contributed by atoms with E-state index in [4.69, 9.17) is 0 Å². The van der Waals surface area contributed by atoms with E-state index in [0.717, 1.165) is 17.8 Å². The molecule has 1 rings (SSSR count). The van der Waals surface area contributed by atoms with Crippen LogP contribution in [0, 0.1) is 18.8 Å². The zero-order valence-electron chi connectivity index (χ0n) is 8.83. The number of aryl methyl sites for hydroxylation is 1. The fourth-order valence-corrected chi connectivity index (χ4v) is 1.11. The van der Waals surface area contributed by atoms with Gasteiger partial charge in [0.1, 0.15) is 5.82 Å². The first kappa shape index (κ1) is 10.7. The maximum Gasteiger partial charge on any atom is 0.146 e. The fourth-order valence-electron chi connectivity index (χ4n) is 1.11. The molecular weight excluding hydrogens is 174 g/mol. The summed E-state index contributed by atoms with van der Waals surface area (Å²) in [6.07, 6.45) is 4.40. The Kier molecular flexibility index (Phi) is 4.09. The van der Waals surface area contributed by atoms with Crippen LogP contribution in [0.5, 0.6) is 0 Å². The highest BCUT2D eigenvalue weighted by Gasteiger charge is 2.09. The molecule has 0 saturated heterocycles. The van der Waals surface area contributed by atoms with Gasteiger partial charge in [-0.15, -0.1) is 11.8 Å². The predicted molar refractivity (Wildman–Crippen MR) is 56.6 cm³/mol. The Hall–Kier alpha value is -1.40. The molecule has 0 amide bonds. The monoisotopic (exact) mass is 189 g/mol. The summed E-state index contributed by atoms with van der Waals surface area (Å²) in [7, 11) is 1.89. The molecule has 14 heavy (non-hydrogen) atoms. The average Bonchev–Trinajstić information content (AvgIpc) is 2.21. The van der Waals surface area contributed by atoms with E-state index in [0.29, 0.717) is 0 Å². The molecule has 1 unspecified atom stereocenters. The Morgan fingerprint density at radius 3 is 2.57 bits per heavy atom. The SMILES string of the molecule is CC#CCC(NC)c1ncc(C)cn1. The van der Waals surface area contributed by atoms with Gasteiger partial charge >= 0.3 is 0 Å². The van der Waals surface area contributed by atoms with Crippen molar-refractivity contribution in [1.29, 1.82) is 0 Å². The van der Waals surface area contributed by atoms with Gasteiger partial charge in [-0.05, 0) is 26.5 Å². The molecule has 0 saturated carbocycles. The summed E-state index contributed by atoms with van der Waals surface area (Å²) in [5, 5.41) is 3.15. The predicted octanol–water partition coefficient (Wildman–Crippen LogP) is 1.46. The maximum atomic E-state index is 4.26. The third-order valence-corrected chi connectivity index (χ3v) is 1.94. The van der Waals surface area contributed by atoms with Crippen LogP contribution >= 0.6 is 0 Å². The fraction of sp³-hybridized carbons (Fsp3) is 0.455. The molecule has 0 aliphatic heterocycles. The van der Waals surface area contributed by atoms with Crippen molar-refractivity contribution >= 4 is 0 Å². The van der Waals surface area contributed by atoms with Crippen LogP contribution in [0.15, 0.2) is 12.4 Å². The van der Waals surface area contributed by atoms with Crippen LogP contribution < -0.4 is 5.32 Å². The van der Waals surface area contributed by atoms with Crippen LogP contribution in [0.3, 0.4) is 0 Å². The van der Waals surface area contributed by atoms with Crippen molar-refractivity contribution < 1.29 is 0 Å². The molecule has 0 fully saturated rings. The maximum absolute atomic E-state index is 4.26. The minimum absolute atomic E-state index is 0.128. The van der Waals surface area contributed by atoms with Crippen LogP contribution in [0.2, 0.25) is 0 Å². The van der Waals surface area contributed by atoms with Gasteiger partial charge in [-0.25, -0.2) is 9.97 Å². The normalized spacial score (nSPS) is 11.6. The highest BCUT2D eigenvalue weighted by molar-refractivity contribution is 5.08. The number of rotatable bonds is 3. The molecule has 0 aliphatic rings. The van der Waals surface area contributed by atoms with E-state index in [1.54, 1.807) is 0 Å². The molecule has 1 heterocycles. The minimum Gasteiger partial charge on any atom is -0.310 e. The van der Waals surface area contributed by atoms with Gasteiger partial charge in [0.25, 0.3) is 0 Å². The first-order valence-electron chi connectivity index (χ1n) is 4.63. The lowest BCUT2D eigenvalue weighted by atomic mass is 10.2. The van der Waals surface area contributed by atoms with Crippen molar-refractivity contribution in [2.24, 2.45) is 0 Å². The highest BCUT2D eigenvalue weighted by Crippen LogP contribution is 2.10. The zero-order valence-corrected chi connectivity index (χ0v) is 8.83. The second-order valence-electron chi connectivity index (χ2n) is 3.09. The Labute approximate surface area is 85.0 Å². The molecule has 1 N–H and O–H groups in total. The van der Waals surface area contributed by atoms with Gasteiger partial charge in [-0.2, -0.15) is 0 Å². The molecular formula is C11H15N3. The topological polar surface area (TPSA) is 37.8 Å². The molecule has 1 aromatic rings. The van der Waals surface area contributed by atoms with Crippen molar-refractivity contribution in [3.8, 4) is 11.8 Å². The summed E-state index contributed by atoms with van der Waals surface area (Å²) >= 11 is 0. The first-order chi connectivity index (χ1) is 6.77. The summed E-state index contributed by atoms with van der Waals surface area (Å²) in [6, 6.07) is 0.128. The minimum atomic E-state index is 0.128. The largest absolute Gasteiger partial charge is 0.310 e. The number of nitrogens with zero attached hydrogens (tertiary/aromatic N) is 2. The number of hydrogen-bond donors (Lipinski definition) is 1. The standard InChI is InChI=1S/C11H15N3/c1-4-5-6-10(12-3)11-13-7-9(2)8-14-11/h7-8,10,12H,6H2,1-3H3. The molecule has 0 aliphatic carbocycles. The lowest BCUT2D eigenvalue weighted by Gasteiger charge is -2.10. The van der Waals surface area contributed by atoms with E-state index in [-0.39, 0.29) is 6.04 Å². The van der Waals surface area contributed by atoms with E-state index in [9.17, 15) is 0 Å². The van der Waals surface area contributed by atoms with Crippen molar-refractivity contribution in [3.05, 3.63) is 23.8 Å². The van der Waals surface area contributed by atoms with E-state index >= 15 is 0 Å². The summed E-state index contributed by atoms with van der Waals surface area (Å²) in [5.74, 6) is 6.69. The average molecular weight is 189 g/mol. The van der Waals surface area contributed by atoms with Gasteiger partial charge in [0.2, 0.25) is 0 Å². The Balaban J connectivity index is 2.76. The summed E-state index contributed by atoms with van der Waals surface area (Å²) < 4.78 is 0. The van der Waals surface area contributed by atoms with Crippen molar-refractivity contribution in [3.63, 3.8) is 0 Å². The molecule has 3 heteroatoms. The van der Waals surface area contributed by atoms with Gasteiger partial charge in [-0.1, -0.05) is 0 Å². The third kappa shape index (κ3) is 2.82. The van der Waals surface area contributed by atoms with E-state index in [1.807, 2.05) is 33.3 Å². The number of aromatic nitrogens is 2. The van der Waals surface area contributed by atoms with Gasteiger partial charge in [0.05, 0.1) is 6.04 Å². The van der Waals surface area contributed by atoms with Crippen LogP contribution in [-0.2, 0) is 0 Å². The summed E-state index contributed by atoms with van der Waals surface area (Å²) in [5.41, 5.74) is 1.07. The smallest absolute Gasteiger partial charge is 0.146 e. The van der Waals surface area contributed by atoms with Crippen molar-refractivity contribution in [1.82, 2.24) is 15.3 Å². The Bertz CT molecular complexity index is 332. The second kappa shape index (κ2) is 5.36. The summed E-state index contributed by atoms with van der Waals surface area (Å²) in [6.45, 7) is 3.81.